The van der Waals surface area contributed by atoms with Crippen LogP contribution in [-0.4, -0.2) is 29.6 Å². The molecule has 1 aromatic carbocycles. The van der Waals surface area contributed by atoms with Gasteiger partial charge in [0.05, 0.1) is 5.54 Å². The van der Waals surface area contributed by atoms with E-state index in [1.54, 1.807) is 12.1 Å². The van der Waals surface area contributed by atoms with Gasteiger partial charge in [-0.25, -0.2) is 4.39 Å². The average molecular weight is 265 g/mol. The second-order valence-electron chi connectivity index (χ2n) is 5.34. The van der Waals surface area contributed by atoms with E-state index in [2.05, 4.69) is 0 Å². The molecule has 0 fully saturated rings. The Kier molecular flexibility index (Phi) is 3.65. The van der Waals surface area contributed by atoms with Crippen molar-refractivity contribution in [3.05, 3.63) is 35.8 Å². The van der Waals surface area contributed by atoms with Gasteiger partial charge in [-0.3, -0.25) is 0 Å². The average Bonchev–Trinajstić information content (AvgIpc) is 2.79. The summed E-state index contributed by atoms with van der Waals surface area (Å²) in [5, 5.41) is 11.2. The van der Waals surface area contributed by atoms with Gasteiger partial charge in [-0.15, -0.1) is 0 Å². The van der Waals surface area contributed by atoms with E-state index in [1.807, 2.05) is 32.8 Å². The highest BCUT2D eigenvalue weighted by Gasteiger charge is 2.36. The Hall–Kier alpha value is -1.39. The zero-order valence-electron chi connectivity index (χ0n) is 11.8. The van der Waals surface area contributed by atoms with Crippen molar-refractivity contribution in [2.75, 3.05) is 14.1 Å². The molecule has 2 atom stereocenters. The number of nitrogens with zero attached hydrogens (tertiary/aromatic N) is 1. The molecule has 0 amide bonds. The van der Waals surface area contributed by atoms with Gasteiger partial charge in [-0.2, -0.15) is 0 Å². The van der Waals surface area contributed by atoms with Gasteiger partial charge in [0, 0.05) is 5.39 Å². The minimum atomic E-state index is -0.761. The van der Waals surface area contributed by atoms with Crippen molar-refractivity contribution in [2.24, 2.45) is 0 Å². The standard InChI is InChI=1S/C15H20FNO2/c1-5-15(2,17(3)4)14(18)13-9-10-8-11(16)6-7-12(10)19-13/h6-9,14,18H,5H2,1-4H3. The number of hydrogen-bond acceptors (Lipinski definition) is 3. The fourth-order valence-corrected chi connectivity index (χ4v) is 2.23. The van der Waals surface area contributed by atoms with Gasteiger partial charge in [0.15, 0.2) is 0 Å². The van der Waals surface area contributed by atoms with Crippen LogP contribution in [-0.2, 0) is 0 Å². The third-order valence-corrected chi connectivity index (χ3v) is 4.09. The van der Waals surface area contributed by atoms with Gasteiger partial charge in [0.2, 0.25) is 0 Å². The largest absolute Gasteiger partial charge is 0.458 e. The maximum absolute atomic E-state index is 13.2. The Morgan fingerprint density at radius 3 is 2.63 bits per heavy atom. The molecular weight excluding hydrogens is 245 g/mol. The van der Waals surface area contributed by atoms with Crippen LogP contribution in [0.5, 0.6) is 0 Å². The molecule has 0 saturated heterocycles. The van der Waals surface area contributed by atoms with Crippen molar-refractivity contribution in [1.29, 1.82) is 0 Å². The summed E-state index contributed by atoms with van der Waals surface area (Å²) in [6.07, 6.45) is 0.00926. The van der Waals surface area contributed by atoms with Crippen molar-refractivity contribution in [3.63, 3.8) is 0 Å². The van der Waals surface area contributed by atoms with Crippen LogP contribution < -0.4 is 0 Å². The van der Waals surface area contributed by atoms with E-state index >= 15 is 0 Å². The van der Waals surface area contributed by atoms with Gasteiger partial charge in [0.25, 0.3) is 0 Å². The number of likely N-dealkylation sites (N-methyl/N-ethyl adjacent to an activating group) is 1. The number of hydrogen-bond donors (Lipinski definition) is 1. The van der Waals surface area contributed by atoms with Crippen LogP contribution in [0.1, 0.15) is 32.1 Å². The summed E-state index contributed by atoms with van der Waals surface area (Å²) in [6, 6.07) is 6.06. The first-order valence-electron chi connectivity index (χ1n) is 6.43. The predicted molar refractivity (Wildman–Crippen MR) is 73.5 cm³/mol. The number of furan rings is 1. The van der Waals surface area contributed by atoms with Crippen LogP contribution in [0.25, 0.3) is 11.0 Å². The molecule has 3 nitrogen and oxygen atoms in total. The summed E-state index contributed by atoms with van der Waals surface area (Å²) in [4.78, 5) is 1.98. The molecular formula is C15H20FNO2. The van der Waals surface area contributed by atoms with Gasteiger partial charge in [-0.05, 0) is 51.7 Å². The molecule has 0 aliphatic carbocycles. The molecule has 2 aromatic rings. The molecule has 0 spiro atoms. The molecule has 2 rings (SSSR count). The van der Waals surface area contributed by atoms with Gasteiger partial charge in [-0.1, -0.05) is 6.92 Å². The first-order valence-corrected chi connectivity index (χ1v) is 6.43. The van der Waals surface area contributed by atoms with E-state index in [0.29, 0.717) is 16.7 Å². The quantitative estimate of drug-likeness (QED) is 0.921. The number of fused-ring (bicyclic) bond motifs is 1. The van der Waals surface area contributed by atoms with Crippen molar-refractivity contribution in [1.82, 2.24) is 4.90 Å². The van der Waals surface area contributed by atoms with Crippen molar-refractivity contribution in [3.8, 4) is 0 Å². The lowest BCUT2D eigenvalue weighted by atomic mass is 9.88. The van der Waals surface area contributed by atoms with Gasteiger partial charge in [0.1, 0.15) is 23.3 Å². The third kappa shape index (κ3) is 2.38. The Labute approximate surface area is 112 Å². The highest BCUT2D eigenvalue weighted by Crippen LogP contribution is 2.35. The topological polar surface area (TPSA) is 36.6 Å². The zero-order valence-corrected chi connectivity index (χ0v) is 11.8. The van der Waals surface area contributed by atoms with Crippen LogP contribution in [0.3, 0.4) is 0 Å². The minimum Gasteiger partial charge on any atom is -0.458 e. The molecule has 2 unspecified atom stereocenters. The summed E-state index contributed by atoms with van der Waals surface area (Å²) in [5.41, 5.74) is 0.166. The number of aliphatic hydroxyl groups is 1. The number of halogens is 1. The third-order valence-electron chi connectivity index (χ3n) is 4.09. The van der Waals surface area contributed by atoms with Crippen LogP contribution in [0.15, 0.2) is 28.7 Å². The molecule has 1 heterocycles. The SMILES string of the molecule is CCC(C)(C(O)c1cc2cc(F)ccc2o1)N(C)C. The lowest BCUT2D eigenvalue weighted by Crippen LogP contribution is -2.46. The maximum Gasteiger partial charge on any atom is 0.135 e. The predicted octanol–water partition coefficient (Wildman–Crippen LogP) is 3.34. The molecule has 0 radical (unpaired) electrons. The zero-order chi connectivity index (χ0) is 14.2. The smallest absolute Gasteiger partial charge is 0.135 e. The van der Waals surface area contributed by atoms with E-state index in [1.165, 1.54) is 12.1 Å². The highest BCUT2D eigenvalue weighted by molar-refractivity contribution is 5.78. The summed E-state index contributed by atoms with van der Waals surface area (Å²) < 4.78 is 18.8. The first-order chi connectivity index (χ1) is 8.88. The summed E-state index contributed by atoms with van der Waals surface area (Å²) in [5.74, 6) is 0.166. The molecule has 4 heteroatoms. The Morgan fingerprint density at radius 1 is 1.37 bits per heavy atom. The molecule has 0 bridgehead atoms. The van der Waals surface area contributed by atoms with E-state index in [9.17, 15) is 9.50 Å². The van der Waals surface area contributed by atoms with E-state index in [0.717, 1.165) is 6.42 Å². The number of benzene rings is 1. The molecule has 1 aromatic heterocycles. The monoisotopic (exact) mass is 265 g/mol. The summed E-state index contributed by atoms with van der Waals surface area (Å²) in [7, 11) is 3.85. The Bertz CT molecular complexity index is 579. The molecule has 0 saturated carbocycles. The molecule has 0 aliphatic rings. The van der Waals surface area contributed by atoms with Crippen LogP contribution in [0, 0.1) is 5.82 Å². The normalized spacial score (nSPS) is 16.8. The molecule has 1 N–H and O–H groups in total. The van der Waals surface area contributed by atoms with Crippen molar-refractivity contribution >= 4 is 11.0 Å². The lowest BCUT2D eigenvalue weighted by Gasteiger charge is -2.38. The Morgan fingerprint density at radius 2 is 2.05 bits per heavy atom. The second-order valence-corrected chi connectivity index (χ2v) is 5.34. The fourth-order valence-electron chi connectivity index (χ4n) is 2.23. The number of rotatable bonds is 4. The van der Waals surface area contributed by atoms with Crippen molar-refractivity contribution in [2.45, 2.75) is 31.9 Å². The fraction of sp³-hybridized carbons (Fsp3) is 0.467. The first kappa shape index (κ1) is 14.0. The molecule has 104 valence electrons. The van der Waals surface area contributed by atoms with Crippen LogP contribution >= 0.6 is 0 Å². The maximum atomic E-state index is 13.2. The van der Waals surface area contributed by atoms with E-state index < -0.39 is 11.6 Å². The van der Waals surface area contributed by atoms with Gasteiger partial charge < -0.3 is 14.4 Å². The highest BCUT2D eigenvalue weighted by atomic mass is 19.1. The van der Waals surface area contributed by atoms with Crippen LogP contribution in [0.4, 0.5) is 4.39 Å². The summed E-state index contributed by atoms with van der Waals surface area (Å²) in [6.45, 7) is 4.00. The second kappa shape index (κ2) is 4.94. The van der Waals surface area contributed by atoms with Gasteiger partial charge >= 0.3 is 0 Å². The van der Waals surface area contributed by atoms with Crippen molar-refractivity contribution < 1.29 is 13.9 Å². The Balaban J connectivity index is 2.43. The lowest BCUT2D eigenvalue weighted by molar-refractivity contribution is -0.0110. The summed E-state index contributed by atoms with van der Waals surface area (Å²) >= 11 is 0. The molecule has 19 heavy (non-hydrogen) atoms. The molecule has 0 aliphatic heterocycles. The van der Waals surface area contributed by atoms with Crippen LogP contribution in [0.2, 0.25) is 0 Å². The van der Waals surface area contributed by atoms with E-state index in [-0.39, 0.29) is 5.82 Å². The minimum absolute atomic E-state index is 0.305. The van der Waals surface area contributed by atoms with E-state index in [4.69, 9.17) is 4.42 Å². The number of aliphatic hydroxyl groups excluding tert-OH is 1.